The second kappa shape index (κ2) is 3.87. The summed E-state index contributed by atoms with van der Waals surface area (Å²) in [7, 11) is 0. The number of non-ortho nitro benzene ring substituents is 1. The summed E-state index contributed by atoms with van der Waals surface area (Å²) in [4.78, 5) is 12.9. The normalized spacial score (nSPS) is 10.1. The van der Waals surface area contributed by atoms with Crippen LogP contribution in [0.4, 0.5) is 5.69 Å². The molecule has 1 aromatic carbocycles. The standard InChI is InChI=1S/C8H5N3O2S2/c12-11(13)6-3-1-5(2-4-6)7-9-8(14)15-10-7/h1-4H,(H,9,10,14). The average Bonchev–Trinajstić information content (AvgIpc) is 2.65. The van der Waals surface area contributed by atoms with E-state index in [-0.39, 0.29) is 5.69 Å². The van der Waals surface area contributed by atoms with Gasteiger partial charge in [0, 0.05) is 17.7 Å². The quantitative estimate of drug-likeness (QED) is 0.497. The zero-order valence-corrected chi connectivity index (χ0v) is 8.97. The highest BCUT2D eigenvalue weighted by molar-refractivity contribution is 7.73. The number of nitro benzene ring substituents is 1. The third-order valence-corrected chi connectivity index (χ3v) is 2.66. The smallest absolute Gasteiger partial charge is 0.269 e. The molecule has 5 nitrogen and oxygen atoms in total. The maximum Gasteiger partial charge on any atom is 0.269 e. The van der Waals surface area contributed by atoms with Crippen LogP contribution in [-0.4, -0.2) is 14.3 Å². The highest BCUT2D eigenvalue weighted by Gasteiger charge is 2.06. The number of rotatable bonds is 2. The van der Waals surface area contributed by atoms with Crippen molar-refractivity contribution in [2.24, 2.45) is 0 Å². The van der Waals surface area contributed by atoms with Gasteiger partial charge in [0.1, 0.15) is 0 Å². The molecule has 7 heteroatoms. The molecule has 2 aromatic rings. The Labute approximate surface area is 93.7 Å². The monoisotopic (exact) mass is 239 g/mol. The van der Waals surface area contributed by atoms with Crippen LogP contribution in [0.2, 0.25) is 0 Å². The molecule has 0 saturated carbocycles. The van der Waals surface area contributed by atoms with Gasteiger partial charge in [0.15, 0.2) is 9.78 Å². The van der Waals surface area contributed by atoms with Crippen LogP contribution in [0.5, 0.6) is 0 Å². The number of aromatic nitrogens is 2. The molecule has 1 N–H and O–H groups in total. The number of H-pyrrole nitrogens is 1. The molecule has 0 aliphatic heterocycles. The van der Waals surface area contributed by atoms with Crippen molar-refractivity contribution in [3.8, 4) is 11.4 Å². The van der Waals surface area contributed by atoms with Gasteiger partial charge in [0.05, 0.1) is 4.92 Å². The zero-order valence-electron chi connectivity index (χ0n) is 7.34. The Morgan fingerprint density at radius 2 is 2.07 bits per heavy atom. The third kappa shape index (κ3) is 2.08. The fourth-order valence-electron chi connectivity index (χ4n) is 1.10. The van der Waals surface area contributed by atoms with E-state index < -0.39 is 4.92 Å². The highest BCUT2D eigenvalue weighted by atomic mass is 32.2. The minimum Gasteiger partial charge on any atom is -0.320 e. The van der Waals surface area contributed by atoms with Crippen LogP contribution in [0.3, 0.4) is 0 Å². The number of nitrogens with one attached hydrogen (secondary N) is 1. The average molecular weight is 239 g/mol. The first kappa shape index (κ1) is 9.94. The van der Waals surface area contributed by atoms with Crippen molar-refractivity contribution >= 4 is 29.4 Å². The summed E-state index contributed by atoms with van der Waals surface area (Å²) in [6.45, 7) is 0. The summed E-state index contributed by atoms with van der Waals surface area (Å²) in [5.74, 6) is 0.639. The lowest BCUT2D eigenvalue weighted by Crippen LogP contribution is -1.87. The summed E-state index contributed by atoms with van der Waals surface area (Å²) >= 11 is 6.08. The van der Waals surface area contributed by atoms with Crippen molar-refractivity contribution in [3.05, 3.63) is 38.3 Å². The topological polar surface area (TPSA) is 71.8 Å². The highest BCUT2D eigenvalue weighted by Crippen LogP contribution is 2.20. The van der Waals surface area contributed by atoms with Crippen LogP contribution in [0.1, 0.15) is 0 Å². The molecule has 0 radical (unpaired) electrons. The van der Waals surface area contributed by atoms with E-state index in [1.807, 2.05) is 0 Å². The van der Waals surface area contributed by atoms with Gasteiger partial charge in [-0.2, -0.15) is 4.37 Å². The summed E-state index contributed by atoms with van der Waals surface area (Å²) in [6.07, 6.45) is 0. The lowest BCUT2D eigenvalue weighted by molar-refractivity contribution is -0.384. The molecule has 0 atom stereocenters. The molecule has 2 rings (SSSR count). The van der Waals surface area contributed by atoms with E-state index >= 15 is 0 Å². The van der Waals surface area contributed by atoms with E-state index in [2.05, 4.69) is 9.36 Å². The lowest BCUT2D eigenvalue weighted by atomic mass is 10.2. The maximum atomic E-state index is 10.4. The number of benzene rings is 1. The fourth-order valence-corrected chi connectivity index (χ4v) is 1.77. The van der Waals surface area contributed by atoms with Gasteiger partial charge in [0.25, 0.3) is 5.69 Å². The van der Waals surface area contributed by atoms with Crippen LogP contribution >= 0.6 is 23.8 Å². The summed E-state index contributed by atoms with van der Waals surface area (Å²) < 4.78 is 4.66. The fraction of sp³-hybridized carbons (Fsp3) is 0. The molecule has 0 aliphatic carbocycles. The Morgan fingerprint density at radius 1 is 1.40 bits per heavy atom. The Hall–Kier alpha value is -1.60. The molecule has 76 valence electrons. The summed E-state index contributed by atoms with van der Waals surface area (Å²) in [5.41, 5.74) is 0.848. The van der Waals surface area contributed by atoms with Gasteiger partial charge in [-0.25, -0.2) is 0 Å². The predicted molar refractivity (Wildman–Crippen MR) is 59.4 cm³/mol. The van der Waals surface area contributed by atoms with Gasteiger partial charge in [-0.1, -0.05) is 0 Å². The number of nitrogens with zero attached hydrogens (tertiary/aromatic N) is 2. The van der Waals surface area contributed by atoms with Crippen molar-refractivity contribution in [2.75, 3.05) is 0 Å². The van der Waals surface area contributed by atoms with Gasteiger partial charge >= 0.3 is 0 Å². The maximum absolute atomic E-state index is 10.4. The third-order valence-electron chi connectivity index (χ3n) is 1.79. The van der Waals surface area contributed by atoms with E-state index in [9.17, 15) is 10.1 Å². The van der Waals surface area contributed by atoms with E-state index in [1.54, 1.807) is 12.1 Å². The minimum absolute atomic E-state index is 0.0626. The second-order valence-corrected chi connectivity index (χ2v) is 4.19. The van der Waals surface area contributed by atoms with Gasteiger partial charge in [-0.3, -0.25) is 10.1 Å². The van der Waals surface area contributed by atoms with Gasteiger partial charge in [0.2, 0.25) is 0 Å². The van der Waals surface area contributed by atoms with E-state index in [0.717, 1.165) is 5.56 Å². The van der Waals surface area contributed by atoms with E-state index in [4.69, 9.17) is 12.2 Å². The predicted octanol–water partition coefficient (Wildman–Crippen LogP) is 2.78. The SMILES string of the molecule is O=[N+]([O-])c1ccc(-c2nsc(=S)[nH]2)cc1. The first-order valence-electron chi connectivity index (χ1n) is 3.97. The number of aromatic amines is 1. The number of hydrogen-bond donors (Lipinski definition) is 1. The molecule has 0 fully saturated rings. The Balaban J connectivity index is 2.39. The van der Waals surface area contributed by atoms with Gasteiger partial charge in [-0.05, 0) is 35.9 Å². The minimum atomic E-state index is -0.437. The lowest BCUT2D eigenvalue weighted by Gasteiger charge is -1.94. The molecule has 0 aliphatic rings. The molecule has 0 bridgehead atoms. The molecule has 0 saturated heterocycles. The van der Waals surface area contributed by atoms with Gasteiger partial charge in [-0.15, -0.1) is 0 Å². The van der Waals surface area contributed by atoms with Crippen molar-refractivity contribution in [1.29, 1.82) is 0 Å². The first-order chi connectivity index (χ1) is 7.16. The Bertz CT molecular complexity index is 544. The number of nitro groups is 1. The Kier molecular flexibility index (Phi) is 2.57. The molecule has 1 aromatic heterocycles. The van der Waals surface area contributed by atoms with Crippen LogP contribution in [0, 0.1) is 14.1 Å². The zero-order chi connectivity index (χ0) is 10.8. The molecule has 0 amide bonds. The number of hydrogen-bond acceptors (Lipinski definition) is 5. The van der Waals surface area contributed by atoms with Gasteiger partial charge < -0.3 is 4.98 Å². The Morgan fingerprint density at radius 3 is 2.53 bits per heavy atom. The van der Waals surface area contributed by atoms with Crippen LogP contribution in [0.25, 0.3) is 11.4 Å². The van der Waals surface area contributed by atoms with Crippen LogP contribution in [-0.2, 0) is 0 Å². The summed E-state index contributed by atoms with van der Waals surface area (Å²) in [5, 5.41) is 10.4. The van der Waals surface area contributed by atoms with Crippen molar-refractivity contribution in [1.82, 2.24) is 9.36 Å². The molecular formula is C8H5N3O2S2. The van der Waals surface area contributed by atoms with Crippen LogP contribution < -0.4 is 0 Å². The van der Waals surface area contributed by atoms with Crippen molar-refractivity contribution in [3.63, 3.8) is 0 Å². The van der Waals surface area contributed by atoms with Crippen molar-refractivity contribution < 1.29 is 4.92 Å². The van der Waals surface area contributed by atoms with Crippen molar-refractivity contribution in [2.45, 2.75) is 0 Å². The molecular weight excluding hydrogens is 234 g/mol. The molecule has 0 spiro atoms. The summed E-state index contributed by atoms with van der Waals surface area (Å²) in [6, 6.07) is 6.15. The largest absolute Gasteiger partial charge is 0.320 e. The van der Waals surface area contributed by atoms with E-state index in [0.29, 0.717) is 9.78 Å². The van der Waals surface area contributed by atoms with Crippen LogP contribution in [0.15, 0.2) is 24.3 Å². The molecule has 15 heavy (non-hydrogen) atoms. The molecule has 1 heterocycles. The molecule has 0 unspecified atom stereocenters. The van der Waals surface area contributed by atoms with E-state index in [1.165, 1.54) is 23.7 Å². The second-order valence-electron chi connectivity index (χ2n) is 2.75. The first-order valence-corrected chi connectivity index (χ1v) is 5.16.